The molecule has 36 heavy (non-hydrogen) atoms. The summed E-state index contributed by atoms with van der Waals surface area (Å²) in [5, 5.41) is 0. The predicted molar refractivity (Wildman–Crippen MR) is 155 cm³/mol. The first-order chi connectivity index (χ1) is 16.9. The molecule has 0 bridgehead atoms. The maximum atomic E-state index is 13.1. The number of hydrogen-bond donors (Lipinski definition) is 0. The molecule has 0 saturated carbocycles. The second-order valence-corrected chi connectivity index (χ2v) is 11.5. The summed E-state index contributed by atoms with van der Waals surface area (Å²) >= 11 is 0. The van der Waals surface area contributed by atoms with E-state index in [2.05, 4.69) is 73.6 Å². The van der Waals surface area contributed by atoms with Crippen LogP contribution in [0.15, 0.2) is 70.4 Å². The highest BCUT2D eigenvalue weighted by Gasteiger charge is 2.30. The van der Waals surface area contributed by atoms with Crippen molar-refractivity contribution in [3.8, 4) is 0 Å². The second kappa shape index (κ2) is 12.7. The van der Waals surface area contributed by atoms with Crippen molar-refractivity contribution in [3.63, 3.8) is 0 Å². The molecular formula is C34H48O2. The fourth-order valence-electron chi connectivity index (χ4n) is 5.14. The van der Waals surface area contributed by atoms with Crippen LogP contribution in [0.3, 0.4) is 0 Å². The first kappa shape index (κ1) is 29.7. The summed E-state index contributed by atoms with van der Waals surface area (Å²) in [5.74, 6) is -0.0239. The number of Topliss-reactive ketones (excluding diaryl/α,β-unsaturated/α-hetero) is 2. The zero-order valence-corrected chi connectivity index (χ0v) is 24.3. The van der Waals surface area contributed by atoms with E-state index in [1.54, 1.807) is 19.1 Å². The smallest absolute Gasteiger partial charge is 0.190 e. The van der Waals surface area contributed by atoms with Crippen LogP contribution in [0.2, 0.25) is 0 Å². The van der Waals surface area contributed by atoms with Gasteiger partial charge in [-0.2, -0.15) is 0 Å². The lowest BCUT2D eigenvalue weighted by molar-refractivity contribution is 0.0973. The van der Waals surface area contributed by atoms with Crippen molar-refractivity contribution in [1.82, 2.24) is 0 Å². The topological polar surface area (TPSA) is 34.1 Å². The van der Waals surface area contributed by atoms with Crippen LogP contribution in [-0.4, -0.2) is 11.6 Å². The monoisotopic (exact) mass is 488 g/mol. The lowest BCUT2D eigenvalue weighted by atomic mass is 9.73. The molecule has 0 amide bonds. The molecule has 0 fully saturated rings. The fourth-order valence-corrected chi connectivity index (χ4v) is 5.14. The molecule has 1 aromatic rings. The standard InChI is InChI=1S/C34H48O2/c1-10-33(8,22-14-16-24(3)4)25(5)17-15-23-34(9,11-2)26(6)20-21-28-27(7)31(35)29-18-12-13-19-30(29)32(28)36/h12-13,16-20H,10-11,14-15,21-23H2,1-9H3. The van der Waals surface area contributed by atoms with Crippen LogP contribution in [0, 0.1) is 10.8 Å². The second-order valence-electron chi connectivity index (χ2n) is 11.5. The Morgan fingerprint density at radius 3 is 1.72 bits per heavy atom. The number of carbonyl (C=O) groups excluding carboxylic acids is 2. The Kier molecular flexibility index (Phi) is 10.5. The zero-order chi connectivity index (χ0) is 27.1. The van der Waals surface area contributed by atoms with E-state index in [0.29, 0.717) is 28.7 Å². The van der Waals surface area contributed by atoms with Gasteiger partial charge >= 0.3 is 0 Å². The van der Waals surface area contributed by atoms with E-state index in [9.17, 15) is 9.59 Å². The molecular weight excluding hydrogens is 440 g/mol. The van der Waals surface area contributed by atoms with Gasteiger partial charge in [-0.05, 0) is 90.4 Å². The first-order valence-corrected chi connectivity index (χ1v) is 13.8. The molecule has 2 atom stereocenters. The van der Waals surface area contributed by atoms with Crippen molar-refractivity contribution < 1.29 is 9.59 Å². The van der Waals surface area contributed by atoms with Crippen LogP contribution >= 0.6 is 0 Å². The highest BCUT2D eigenvalue weighted by molar-refractivity contribution is 6.26. The Hall–Kier alpha value is -2.48. The van der Waals surface area contributed by atoms with Gasteiger partial charge in [0.1, 0.15) is 0 Å². The van der Waals surface area contributed by atoms with Crippen LogP contribution in [0.5, 0.6) is 0 Å². The average Bonchev–Trinajstić information content (AvgIpc) is 2.86. The lowest BCUT2D eigenvalue weighted by Crippen LogP contribution is -2.21. The maximum absolute atomic E-state index is 13.1. The first-order valence-electron chi connectivity index (χ1n) is 13.8. The van der Waals surface area contributed by atoms with Crippen LogP contribution in [-0.2, 0) is 0 Å². The van der Waals surface area contributed by atoms with Crippen molar-refractivity contribution in [2.75, 3.05) is 0 Å². The van der Waals surface area contributed by atoms with Gasteiger partial charge in [0.15, 0.2) is 11.6 Å². The molecule has 2 nitrogen and oxygen atoms in total. The Labute approximate surface area is 220 Å². The normalized spacial score (nSPS) is 18.0. The van der Waals surface area contributed by atoms with Crippen molar-refractivity contribution in [2.45, 2.75) is 107 Å². The number of rotatable bonds is 12. The number of fused-ring (bicyclic) bond motifs is 1. The summed E-state index contributed by atoms with van der Waals surface area (Å²) in [7, 11) is 0. The highest BCUT2D eigenvalue weighted by Crippen LogP contribution is 2.40. The van der Waals surface area contributed by atoms with Crippen LogP contribution in [0.4, 0.5) is 0 Å². The van der Waals surface area contributed by atoms with Crippen molar-refractivity contribution >= 4 is 11.6 Å². The molecule has 2 unspecified atom stereocenters. The van der Waals surface area contributed by atoms with Gasteiger partial charge in [0.05, 0.1) is 0 Å². The summed E-state index contributed by atoms with van der Waals surface area (Å²) in [4.78, 5) is 26.0. The molecule has 1 aliphatic rings. The van der Waals surface area contributed by atoms with Crippen LogP contribution < -0.4 is 0 Å². The van der Waals surface area contributed by atoms with Gasteiger partial charge in [0.25, 0.3) is 0 Å². The number of ketones is 2. The van der Waals surface area contributed by atoms with E-state index in [-0.39, 0.29) is 22.4 Å². The maximum Gasteiger partial charge on any atom is 0.190 e. The number of allylic oxidation sites excluding steroid dienone is 8. The summed E-state index contributed by atoms with van der Waals surface area (Å²) in [6.07, 6.45) is 14.1. The third-order valence-electron chi connectivity index (χ3n) is 8.96. The minimum absolute atomic E-state index is 0.00419. The Balaban J connectivity index is 2.14. The molecule has 0 heterocycles. The molecule has 196 valence electrons. The van der Waals surface area contributed by atoms with Crippen molar-refractivity contribution in [2.24, 2.45) is 10.8 Å². The van der Waals surface area contributed by atoms with Gasteiger partial charge < -0.3 is 0 Å². The van der Waals surface area contributed by atoms with E-state index < -0.39 is 0 Å². The summed E-state index contributed by atoms with van der Waals surface area (Å²) in [5.41, 5.74) is 6.81. The molecule has 0 radical (unpaired) electrons. The van der Waals surface area contributed by atoms with Gasteiger partial charge in [0, 0.05) is 22.3 Å². The Morgan fingerprint density at radius 2 is 1.22 bits per heavy atom. The van der Waals surface area contributed by atoms with Crippen molar-refractivity contribution in [1.29, 1.82) is 0 Å². The SMILES string of the molecule is CCC(C)(CCC=C(C)C)C(C)=CCCC(C)(CC)C(C)=CCC1=C(C)C(=O)c2ccccc2C1=O. The third kappa shape index (κ3) is 6.84. The largest absolute Gasteiger partial charge is 0.289 e. The summed E-state index contributed by atoms with van der Waals surface area (Å²) in [6, 6.07) is 7.18. The predicted octanol–water partition coefficient (Wildman–Crippen LogP) is 10.0. The molecule has 2 rings (SSSR count). The number of benzene rings is 1. The van der Waals surface area contributed by atoms with E-state index in [1.807, 2.05) is 12.1 Å². The Bertz CT molecular complexity index is 1090. The minimum Gasteiger partial charge on any atom is -0.289 e. The summed E-state index contributed by atoms with van der Waals surface area (Å²) in [6.45, 7) is 19.9. The highest BCUT2D eigenvalue weighted by atomic mass is 16.1. The van der Waals surface area contributed by atoms with E-state index in [4.69, 9.17) is 0 Å². The third-order valence-corrected chi connectivity index (χ3v) is 8.96. The van der Waals surface area contributed by atoms with Crippen LogP contribution in [0.1, 0.15) is 128 Å². The molecule has 1 aromatic carbocycles. The minimum atomic E-state index is -0.0197. The van der Waals surface area contributed by atoms with Gasteiger partial charge in [-0.25, -0.2) is 0 Å². The molecule has 0 aromatic heterocycles. The van der Waals surface area contributed by atoms with Gasteiger partial charge in [-0.1, -0.05) is 86.9 Å². The molecule has 0 spiro atoms. The quantitative estimate of drug-likeness (QED) is 0.274. The Morgan fingerprint density at radius 1 is 0.750 bits per heavy atom. The van der Waals surface area contributed by atoms with E-state index >= 15 is 0 Å². The molecule has 2 heteroatoms. The molecule has 1 aliphatic carbocycles. The van der Waals surface area contributed by atoms with Gasteiger partial charge in [-0.15, -0.1) is 0 Å². The number of hydrogen-bond acceptors (Lipinski definition) is 2. The molecule has 0 saturated heterocycles. The molecule has 0 aliphatic heterocycles. The van der Waals surface area contributed by atoms with E-state index in [1.165, 1.54) is 23.1 Å². The molecule has 0 N–H and O–H groups in total. The summed E-state index contributed by atoms with van der Waals surface area (Å²) < 4.78 is 0. The van der Waals surface area contributed by atoms with Crippen LogP contribution in [0.25, 0.3) is 0 Å². The average molecular weight is 489 g/mol. The number of carbonyl (C=O) groups is 2. The zero-order valence-electron chi connectivity index (χ0n) is 24.3. The van der Waals surface area contributed by atoms with Gasteiger partial charge in [-0.3, -0.25) is 9.59 Å². The fraction of sp³-hybridized carbons (Fsp3) is 0.529. The van der Waals surface area contributed by atoms with E-state index in [0.717, 1.165) is 32.1 Å². The lowest BCUT2D eigenvalue weighted by Gasteiger charge is -2.32. The van der Waals surface area contributed by atoms with Gasteiger partial charge in [0.2, 0.25) is 0 Å². The van der Waals surface area contributed by atoms with Crippen molar-refractivity contribution in [3.05, 3.63) is 81.5 Å².